The molecule has 0 amide bonds. The summed E-state index contributed by atoms with van der Waals surface area (Å²) in [6, 6.07) is 0. The van der Waals surface area contributed by atoms with Gasteiger partial charge in [0.25, 0.3) is 0 Å². The molecule has 0 saturated heterocycles. The van der Waals surface area contributed by atoms with Gasteiger partial charge in [0.05, 0.1) is 24.1 Å². The van der Waals surface area contributed by atoms with E-state index in [9.17, 15) is 24.5 Å². The van der Waals surface area contributed by atoms with Gasteiger partial charge in [0.1, 0.15) is 0 Å². The molecule has 0 aromatic carbocycles. The van der Waals surface area contributed by atoms with Crippen molar-refractivity contribution in [2.75, 3.05) is 6.61 Å². The molecule has 0 N–H and O–H groups in total. The van der Waals surface area contributed by atoms with Gasteiger partial charge in [-0.1, -0.05) is 0 Å². The van der Waals surface area contributed by atoms with Gasteiger partial charge in [-0.05, 0) is 13.8 Å². The summed E-state index contributed by atoms with van der Waals surface area (Å²) in [5.74, 6) is -0.576. The number of hydrogen-bond donors (Lipinski definition) is 0. The zero-order valence-corrected chi connectivity index (χ0v) is 11.2. The van der Waals surface area contributed by atoms with Crippen LogP contribution in [0.2, 0.25) is 0 Å². The number of hydrogen-bond acceptors (Lipinski definition) is 6. The third-order valence-corrected chi connectivity index (χ3v) is 2.60. The highest BCUT2D eigenvalue weighted by Crippen LogP contribution is 2.01. The Morgan fingerprint density at radius 3 is 2.55 bits per heavy atom. The van der Waals surface area contributed by atoms with Gasteiger partial charge >= 0.3 is 22.9 Å². The number of rotatable bonds is 6. The van der Waals surface area contributed by atoms with Crippen LogP contribution >= 0.6 is 0 Å². The molecule has 0 bridgehead atoms. The Morgan fingerprint density at radius 1 is 1.40 bits per heavy atom. The minimum Gasteiger partial charge on any atom is -0.466 e. The molecule has 9 nitrogen and oxygen atoms in total. The van der Waals surface area contributed by atoms with Crippen molar-refractivity contribution in [2.45, 2.75) is 33.4 Å². The average Bonchev–Trinajstić information content (AvgIpc) is 2.38. The molecule has 1 heterocycles. The first-order valence-electron chi connectivity index (χ1n) is 6.06. The second-order valence-corrected chi connectivity index (χ2v) is 3.85. The van der Waals surface area contributed by atoms with E-state index in [1.165, 1.54) is 0 Å². The standard InChI is InChI=1S/C11H15N3O6/c1-3-12-7-8(14(18)19)10(16)13(11(12)17)6-5-9(15)20-4-2/h7H,3-6H2,1-2H3. The smallest absolute Gasteiger partial charge is 0.350 e. The fourth-order valence-electron chi connectivity index (χ4n) is 1.62. The Kier molecular flexibility index (Phi) is 5.18. The topological polar surface area (TPSA) is 113 Å². The molecule has 0 radical (unpaired) electrons. The van der Waals surface area contributed by atoms with Gasteiger partial charge in [0.15, 0.2) is 0 Å². The molecular weight excluding hydrogens is 270 g/mol. The third kappa shape index (κ3) is 3.31. The maximum Gasteiger partial charge on any atom is 0.350 e. The van der Waals surface area contributed by atoms with E-state index in [1.807, 2.05) is 0 Å². The van der Waals surface area contributed by atoms with Gasteiger partial charge in [-0.3, -0.25) is 28.8 Å². The van der Waals surface area contributed by atoms with Gasteiger partial charge in [-0.25, -0.2) is 4.79 Å². The van der Waals surface area contributed by atoms with Crippen molar-refractivity contribution in [3.8, 4) is 0 Å². The van der Waals surface area contributed by atoms with E-state index in [0.29, 0.717) is 4.57 Å². The normalized spacial score (nSPS) is 10.3. The SMILES string of the molecule is CCOC(=O)CCn1c(=O)c([N+](=O)[O-])cn(CC)c1=O. The largest absolute Gasteiger partial charge is 0.466 e. The molecule has 110 valence electrons. The number of carbonyl (C=O) groups is 1. The van der Waals surface area contributed by atoms with Crippen LogP contribution in [-0.4, -0.2) is 26.6 Å². The first-order valence-corrected chi connectivity index (χ1v) is 6.06. The van der Waals surface area contributed by atoms with Crippen molar-refractivity contribution in [2.24, 2.45) is 0 Å². The molecule has 0 aliphatic carbocycles. The summed E-state index contributed by atoms with van der Waals surface area (Å²) in [4.78, 5) is 44.9. The fourth-order valence-corrected chi connectivity index (χ4v) is 1.62. The average molecular weight is 285 g/mol. The highest BCUT2D eigenvalue weighted by Gasteiger charge is 2.19. The van der Waals surface area contributed by atoms with E-state index >= 15 is 0 Å². The van der Waals surface area contributed by atoms with Crippen LogP contribution in [0.3, 0.4) is 0 Å². The van der Waals surface area contributed by atoms with E-state index in [4.69, 9.17) is 0 Å². The molecule has 9 heteroatoms. The molecule has 0 aliphatic heterocycles. The number of aryl methyl sites for hydroxylation is 1. The lowest BCUT2D eigenvalue weighted by atomic mass is 10.4. The highest BCUT2D eigenvalue weighted by molar-refractivity contribution is 5.69. The minimum absolute atomic E-state index is 0.180. The van der Waals surface area contributed by atoms with E-state index in [0.717, 1.165) is 10.8 Å². The molecule has 0 unspecified atom stereocenters. The van der Waals surface area contributed by atoms with Gasteiger partial charge in [-0.15, -0.1) is 0 Å². The Hall–Kier alpha value is -2.45. The van der Waals surface area contributed by atoms with Crippen molar-refractivity contribution in [3.05, 3.63) is 37.1 Å². The second kappa shape index (κ2) is 6.64. The summed E-state index contributed by atoms with van der Waals surface area (Å²) in [6.45, 7) is 3.35. The molecular formula is C11H15N3O6. The summed E-state index contributed by atoms with van der Waals surface area (Å²) < 4.78 is 6.41. The van der Waals surface area contributed by atoms with Crippen LogP contribution in [0.4, 0.5) is 5.69 Å². The summed E-state index contributed by atoms with van der Waals surface area (Å²) >= 11 is 0. The van der Waals surface area contributed by atoms with E-state index in [1.54, 1.807) is 13.8 Å². The molecule has 1 aromatic rings. The van der Waals surface area contributed by atoms with E-state index in [-0.39, 0.29) is 26.1 Å². The van der Waals surface area contributed by atoms with Crippen LogP contribution in [0.25, 0.3) is 0 Å². The lowest BCUT2D eigenvalue weighted by Gasteiger charge is -2.08. The lowest BCUT2D eigenvalue weighted by molar-refractivity contribution is -0.387. The Morgan fingerprint density at radius 2 is 2.05 bits per heavy atom. The maximum atomic E-state index is 11.9. The maximum absolute atomic E-state index is 11.9. The first-order chi connectivity index (χ1) is 9.42. The Bertz CT molecular complexity index is 630. The summed E-state index contributed by atoms with van der Waals surface area (Å²) in [7, 11) is 0. The first kappa shape index (κ1) is 15.6. The molecule has 1 rings (SSSR count). The van der Waals surface area contributed by atoms with Crippen LogP contribution < -0.4 is 11.2 Å². The number of aromatic nitrogens is 2. The fraction of sp³-hybridized carbons (Fsp3) is 0.545. The molecule has 0 aliphatic rings. The molecule has 0 spiro atoms. The van der Waals surface area contributed by atoms with Gasteiger partial charge in [0.2, 0.25) is 0 Å². The lowest BCUT2D eigenvalue weighted by Crippen LogP contribution is -2.40. The van der Waals surface area contributed by atoms with Crippen molar-refractivity contribution in [1.29, 1.82) is 0 Å². The monoisotopic (exact) mass is 285 g/mol. The van der Waals surface area contributed by atoms with Crippen LogP contribution in [0.15, 0.2) is 15.8 Å². The van der Waals surface area contributed by atoms with Crippen LogP contribution in [0.1, 0.15) is 20.3 Å². The number of ether oxygens (including phenoxy) is 1. The molecule has 0 atom stereocenters. The molecule has 0 saturated carbocycles. The predicted octanol–water partition coefficient (Wildman–Crippen LogP) is -0.109. The van der Waals surface area contributed by atoms with Gasteiger partial charge in [-0.2, -0.15) is 0 Å². The second-order valence-electron chi connectivity index (χ2n) is 3.85. The summed E-state index contributed by atoms with van der Waals surface area (Å²) in [6.07, 6.45) is 0.708. The summed E-state index contributed by atoms with van der Waals surface area (Å²) in [5.41, 5.74) is -2.41. The van der Waals surface area contributed by atoms with Crippen molar-refractivity contribution < 1.29 is 14.5 Å². The van der Waals surface area contributed by atoms with Crippen LogP contribution in [0, 0.1) is 10.1 Å². The van der Waals surface area contributed by atoms with Crippen molar-refractivity contribution >= 4 is 11.7 Å². The molecule has 0 fully saturated rings. The Labute approximate surface area is 113 Å². The number of esters is 1. The van der Waals surface area contributed by atoms with Crippen molar-refractivity contribution in [3.63, 3.8) is 0 Å². The number of nitrogens with zero attached hydrogens (tertiary/aromatic N) is 3. The minimum atomic E-state index is -1.02. The predicted molar refractivity (Wildman–Crippen MR) is 68.5 cm³/mol. The third-order valence-electron chi connectivity index (χ3n) is 2.60. The number of carbonyl (C=O) groups excluding carboxylic acids is 1. The van der Waals surface area contributed by atoms with Crippen LogP contribution in [0.5, 0.6) is 0 Å². The molecule has 20 heavy (non-hydrogen) atoms. The van der Waals surface area contributed by atoms with Crippen molar-refractivity contribution in [1.82, 2.24) is 9.13 Å². The summed E-state index contributed by atoms with van der Waals surface area (Å²) in [5, 5.41) is 10.8. The van der Waals surface area contributed by atoms with Gasteiger partial charge in [0, 0.05) is 13.1 Å². The Balaban J connectivity index is 3.20. The number of nitro groups is 1. The quantitative estimate of drug-likeness (QED) is 0.409. The van der Waals surface area contributed by atoms with E-state index < -0.39 is 27.8 Å². The van der Waals surface area contributed by atoms with E-state index in [2.05, 4.69) is 4.74 Å². The zero-order chi connectivity index (χ0) is 15.3. The van der Waals surface area contributed by atoms with Gasteiger partial charge < -0.3 is 4.74 Å². The van der Waals surface area contributed by atoms with Crippen LogP contribution in [-0.2, 0) is 22.6 Å². The zero-order valence-electron chi connectivity index (χ0n) is 11.2. The highest BCUT2D eigenvalue weighted by atomic mass is 16.6. The molecule has 1 aromatic heterocycles.